The minimum atomic E-state index is -0.163. The maximum absolute atomic E-state index is 11.9. The van der Waals surface area contributed by atoms with Gasteiger partial charge < -0.3 is 19.8 Å². The standard InChI is InChI=1S/C17H24N2O3/c1-4-21-14-8-5-7-13-11-15(22-17(13)14)12(2)19-16(20)9-6-10-18-3/h5,7-8,11-12,18H,4,6,9-10H2,1-3H3,(H,19,20). The molecule has 0 saturated carbocycles. The molecule has 2 rings (SSSR count). The van der Waals surface area contributed by atoms with E-state index in [9.17, 15) is 4.79 Å². The SMILES string of the molecule is CCOc1cccc2cc(C(C)NC(=O)CCCNC)oc12. The van der Waals surface area contributed by atoms with E-state index in [1.165, 1.54) is 0 Å². The number of hydrogen-bond donors (Lipinski definition) is 2. The van der Waals surface area contributed by atoms with Gasteiger partial charge in [-0.3, -0.25) is 4.79 Å². The Balaban J connectivity index is 2.06. The normalized spacial score (nSPS) is 12.3. The molecule has 0 aliphatic rings. The lowest BCUT2D eigenvalue weighted by atomic mass is 10.2. The van der Waals surface area contributed by atoms with Gasteiger partial charge in [-0.15, -0.1) is 0 Å². The van der Waals surface area contributed by atoms with E-state index >= 15 is 0 Å². The number of para-hydroxylation sites is 1. The first kappa shape index (κ1) is 16.4. The molecule has 2 aromatic rings. The average Bonchev–Trinajstić information content (AvgIpc) is 2.93. The van der Waals surface area contributed by atoms with E-state index in [0.717, 1.165) is 35.4 Å². The summed E-state index contributed by atoms with van der Waals surface area (Å²) in [5.41, 5.74) is 0.732. The van der Waals surface area contributed by atoms with Gasteiger partial charge in [0.2, 0.25) is 5.91 Å². The summed E-state index contributed by atoms with van der Waals surface area (Å²) < 4.78 is 11.5. The van der Waals surface area contributed by atoms with Crippen molar-refractivity contribution in [3.05, 3.63) is 30.0 Å². The van der Waals surface area contributed by atoms with Gasteiger partial charge in [0.15, 0.2) is 11.3 Å². The Morgan fingerprint density at radius 1 is 1.41 bits per heavy atom. The first-order valence-electron chi connectivity index (χ1n) is 7.75. The van der Waals surface area contributed by atoms with Gasteiger partial charge in [-0.05, 0) is 46.0 Å². The van der Waals surface area contributed by atoms with Crippen LogP contribution in [0.3, 0.4) is 0 Å². The molecule has 1 unspecified atom stereocenters. The van der Waals surface area contributed by atoms with Crippen LogP contribution < -0.4 is 15.4 Å². The van der Waals surface area contributed by atoms with Gasteiger partial charge in [-0.2, -0.15) is 0 Å². The molecule has 1 amide bonds. The lowest BCUT2D eigenvalue weighted by Crippen LogP contribution is -2.26. The number of hydrogen-bond acceptors (Lipinski definition) is 4. The minimum Gasteiger partial charge on any atom is -0.490 e. The van der Waals surface area contributed by atoms with Crippen molar-refractivity contribution < 1.29 is 13.9 Å². The van der Waals surface area contributed by atoms with Crippen molar-refractivity contribution in [1.29, 1.82) is 0 Å². The zero-order chi connectivity index (χ0) is 15.9. The molecule has 0 fully saturated rings. The van der Waals surface area contributed by atoms with Crippen LogP contribution in [0, 0.1) is 0 Å². The van der Waals surface area contributed by atoms with Crippen molar-refractivity contribution in [2.24, 2.45) is 0 Å². The number of amides is 1. The smallest absolute Gasteiger partial charge is 0.220 e. The Morgan fingerprint density at radius 2 is 2.23 bits per heavy atom. The number of carbonyl (C=O) groups excluding carboxylic acids is 1. The van der Waals surface area contributed by atoms with Crippen LogP contribution in [-0.2, 0) is 4.79 Å². The first-order valence-corrected chi connectivity index (χ1v) is 7.75. The molecule has 1 aromatic heterocycles. The zero-order valence-corrected chi connectivity index (χ0v) is 13.4. The highest BCUT2D eigenvalue weighted by Gasteiger charge is 2.16. The molecule has 2 N–H and O–H groups in total. The zero-order valence-electron chi connectivity index (χ0n) is 13.4. The maximum Gasteiger partial charge on any atom is 0.220 e. The molecule has 5 nitrogen and oxygen atoms in total. The molecule has 22 heavy (non-hydrogen) atoms. The third-order valence-electron chi connectivity index (χ3n) is 3.46. The first-order chi connectivity index (χ1) is 10.7. The van der Waals surface area contributed by atoms with E-state index in [1.807, 2.05) is 45.2 Å². The number of rotatable bonds is 8. The monoisotopic (exact) mass is 304 g/mol. The highest BCUT2D eigenvalue weighted by Crippen LogP contribution is 2.31. The van der Waals surface area contributed by atoms with Gasteiger partial charge in [0.05, 0.1) is 12.6 Å². The summed E-state index contributed by atoms with van der Waals surface area (Å²) in [5, 5.41) is 6.98. The van der Waals surface area contributed by atoms with Crippen LogP contribution in [0.2, 0.25) is 0 Å². The summed E-state index contributed by atoms with van der Waals surface area (Å²) in [6.07, 6.45) is 1.33. The maximum atomic E-state index is 11.9. The van der Waals surface area contributed by atoms with Gasteiger partial charge in [-0.1, -0.05) is 12.1 Å². The van der Waals surface area contributed by atoms with Crippen LogP contribution in [0.25, 0.3) is 11.0 Å². The van der Waals surface area contributed by atoms with Crippen molar-refractivity contribution in [2.45, 2.75) is 32.7 Å². The van der Waals surface area contributed by atoms with E-state index in [4.69, 9.17) is 9.15 Å². The van der Waals surface area contributed by atoms with E-state index in [1.54, 1.807) is 0 Å². The fraction of sp³-hybridized carbons (Fsp3) is 0.471. The van der Waals surface area contributed by atoms with Crippen LogP contribution in [0.4, 0.5) is 0 Å². The van der Waals surface area contributed by atoms with Crippen LogP contribution in [0.15, 0.2) is 28.7 Å². The fourth-order valence-electron chi connectivity index (χ4n) is 2.35. The highest BCUT2D eigenvalue weighted by atomic mass is 16.5. The Morgan fingerprint density at radius 3 is 2.95 bits per heavy atom. The Kier molecular flexibility index (Phi) is 5.83. The van der Waals surface area contributed by atoms with Crippen molar-refractivity contribution in [1.82, 2.24) is 10.6 Å². The van der Waals surface area contributed by atoms with Crippen LogP contribution in [0.1, 0.15) is 38.5 Å². The Labute approximate surface area is 131 Å². The largest absolute Gasteiger partial charge is 0.490 e. The number of benzene rings is 1. The predicted molar refractivity (Wildman–Crippen MR) is 87.1 cm³/mol. The van der Waals surface area contributed by atoms with E-state index < -0.39 is 0 Å². The third-order valence-corrected chi connectivity index (χ3v) is 3.46. The van der Waals surface area contributed by atoms with E-state index in [0.29, 0.717) is 13.0 Å². The van der Waals surface area contributed by atoms with E-state index in [2.05, 4.69) is 10.6 Å². The summed E-state index contributed by atoms with van der Waals surface area (Å²) in [7, 11) is 1.88. The lowest BCUT2D eigenvalue weighted by Gasteiger charge is -2.11. The summed E-state index contributed by atoms with van der Waals surface area (Å²) in [5.74, 6) is 1.51. The van der Waals surface area contributed by atoms with Gasteiger partial charge in [0.1, 0.15) is 5.76 Å². The van der Waals surface area contributed by atoms with Gasteiger partial charge >= 0.3 is 0 Å². The summed E-state index contributed by atoms with van der Waals surface area (Å²) >= 11 is 0. The second-order valence-electron chi connectivity index (χ2n) is 5.25. The number of nitrogens with one attached hydrogen (secondary N) is 2. The Hall–Kier alpha value is -2.01. The fourth-order valence-corrected chi connectivity index (χ4v) is 2.35. The molecule has 1 heterocycles. The molecule has 0 aliphatic heterocycles. The second-order valence-corrected chi connectivity index (χ2v) is 5.25. The highest BCUT2D eigenvalue weighted by molar-refractivity contribution is 5.84. The third kappa shape index (κ3) is 4.01. The Bertz CT molecular complexity index is 621. The van der Waals surface area contributed by atoms with E-state index in [-0.39, 0.29) is 11.9 Å². The van der Waals surface area contributed by atoms with Crippen molar-refractivity contribution in [3.8, 4) is 5.75 Å². The summed E-state index contributed by atoms with van der Waals surface area (Å²) in [6.45, 7) is 5.29. The molecule has 0 saturated heterocycles. The lowest BCUT2D eigenvalue weighted by molar-refractivity contribution is -0.121. The number of carbonyl (C=O) groups is 1. The molecular weight excluding hydrogens is 280 g/mol. The number of furan rings is 1. The molecule has 0 aliphatic carbocycles. The van der Waals surface area contributed by atoms with Crippen molar-refractivity contribution in [3.63, 3.8) is 0 Å². The van der Waals surface area contributed by atoms with Crippen molar-refractivity contribution >= 4 is 16.9 Å². The van der Waals surface area contributed by atoms with Gasteiger partial charge in [-0.25, -0.2) is 0 Å². The molecule has 0 radical (unpaired) electrons. The number of fused-ring (bicyclic) bond motifs is 1. The molecule has 1 aromatic carbocycles. The van der Waals surface area contributed by atoms with Crippen LogP contribution in [-0.4, -0.2) is 26.1 Å². The van der Waals surface area contributed by atoms with Crippen molar-refractivity contribution in [2.75, 3.05) is 20.2 Å². The summed E-state index contributed by atoms with van der Waals surface area (Å²) in [4.78, 5) is 11.9. The number of ether oxygens (including phenoxy) is 1. The molecule has 1 atom stereocenters. The topological polar surface area (TPSA) is 63.5 Å². The van der Waals surface area contributed by atoms with Gasteiger partial charge in [0, 0.05) is 11.8 Å². The van der Waals surface area contributed by atoms with Crippen LogP contribution in [0.5, 0.6) is 5.75 Å². The van der Waals surface area contributed by atoms with Gasteiger partial charge in [0.25, 0.3) is 0 Å². The molecule has 0 bridgehead atoms. The quantitative estimate of drug-likeness (QED) is 0.736. The summed E-state index contributed by atoms with van der Waals surface area (Å²) in [6, 6.07) is 7.60. The molecule has 0 spiro atoms. The second kappa shape index (κ2) is 7.84. The van der Waals surface area contributed by atoms with Crippen LogP contribution >= 0.6 is 0 Å². The average molecular weight is 304 g/mol. The minimum absolute atomic E-state index is 0.0354. The molecule has 5 heteroatoms. The molecule has 120 valence electrons. The molecular formula is C17H24N2O3. The predicted octanol–water partition coefficient (Wildman–Crippen LogP) is 3.01.